The highest BCUT2D eigenvalue weighted by Crippen LogP contribution is 2.25. The van der Waals surface area contributed by atoms with Crippen LogP contribution in [-0.4, -0.2) is 41.7 Å². The Labute approximate surface area is 187 Å². The number of nitrogens with zero attached hydrogens (tertiary/aromatic N) is 3. The van der Waals surface area contributed by atoms with Gasteiger partial charge in [0.05, 0.1) is 5.69 Å². The Morgan fingerprint density at radius 1 is 1.12 bits per heavy atom. The molecule has 1 saturated heterocycles. The predicted octanol–water partition coefficient (Wildman–Crippen LogP) is 3.29. The summed E-state index contributed by atoms with van der Waals surface area (Å²) in [6.45, 7) is 3.24. The molecule has 32 heavy (non-hydrogen) atoms. The van der Waals surface area contributed by atoms with Gasteiger partial charge in [-0.15, -0.1) is 0 Å². The number of rotatable bonds is 7. The average Bonchev–Trinajstić information content (AvgIpc) is 3.18. The van der Waals surface area contributed by atoms with E-state index in [0.29, 0.717) is 48.1 Å². The summed E-state index contributed by atoms with van der Waals surface area (Å²) in [6, 6.07) is 10.6. The fraction of sp³-hybridized carbons (Fsp3) is 0.348. The zero-order valence-corrected chi connectivity index (χ0v) is 18.8. The third kappa shape index (κ3) is 5.23. The van der Waals surface area contributed by atoms with Gasteiger partial charge in [-0.25, -0.2) is 17.7 Å². The second-order valence-corrected chi connectivity index (χ2v) is 9.83. The van der Waals surface area contributed by atoms with E-state index in [2.05, 4.69) is 15.3 Å². The number of nitrogens with one attached hydrogen (secondary N) is 1. The lowest BCUT2D eigenvalue weighted by atomic mass is 10.1. The molecule has 1 aromatic carbocycles. The Morgan fingerprint density at radius 2 is 1.88 bits per heavy atom. The second-order valence-electron chi connectivity index (χ2n) is 7.86. The van der Waals surface area contributed by atoms with Gasteiger partial charge in [-0.2, -0.15) is 0 Å². The van der Waals surface area contributed by atoms with Gasteiger partial charge < -0.3 is 9.73 Å². The van der Waals surface area contributed by atoms with Crippen LogP contribution < -0.4 is 5.32 Å². The van der Waals surface area contributed by atoms with Crippen LogP contribution in [-0.2, 0) is 22.3 Å². The number of piperidine rings is 1. The van der Waals surface area contributed by atoms with Crippen molar-refractivity contribution < 1.29 is 17.6 Å². The molecule has 168 valence electrons. The quantitative estimate of drug-likeness (QED) is 0.587. The first-order chi connectivity index (χ1) is 15.4. The van der Waals surface area contributed by atoms with Gasteiger partial charge >= 0.3 is 0 Å². The highest BCUT2D eigenvalue weighted by molar-refractivity contribution is 7.88. The van der Waals surface area contributed by atoms with E-state index in [1.807, 2.05) is 12.1 Å². The van der Waals surface area contributed by atoms with E-state index in [1.54, 1.807) is 47.9 Å². The molecule has 0 radical (unpaired) electrons. The first-order valence-corrected chi connectivity index (χ1v) is 12.2. The molecule has 3 aromatic rings. The number of pyridine rings is 1. The van der Waals surface area contributed by atoms with Crippen LogP contribution >= 0.6 is 0 Å². The van der Waals surface area contributed by atoms with Crippen molar-refractivity contribution in [2.75, 3.05) is 13.1 Å². The lowest BCUT2D eigenvalue weighted by Gasteiger charge is -2.25. The standard InChI is InChI=1S/C23H26N4O4S/c1-17-21(16-32(29,30)27-12-3-2-4-13-27)26-23(31-17)20-9-7-19(8-10-20)22(28)25-15-18-6-5-11-24-14-18/h5-11,14H,2-4,12-13,15-16H2,1H3,(H,25,28). The summed E-state index contributed by atoms with van der Waals surface area (Å²) in [5.41, 5.74) is 2.52. The Hall–Kier alpha value is -3.04. The van der Waals surface area contributed by atoms with Crippen molar-refractivity contribution in [3.8, 4) is 11.5 Å². The van der Waals surface area contributed by atoms with Crippen LogP contribution in [0.4, 0.5) is 0 Å². The summed E-state index contributed by atoms with van der Waals surface area (Å²) in [5.74, 6) is 0.460. The number of aryl methyl sites for hydroxylation is 1. The normalized spacial score (nSPS) is 14.9. The fourth-order valence-electron chi connectivity index (χ4n) is 3.64. The molecule has 1 N–H and O–H groups in total. The van der Waals surface area contributed by atoms with Crippen molar-refractivity contribution in [2.45, 2.75) is 38.5 Å². The number of benzene rings is 1. The predicted molar refractivity (Wildman–Crippen MR) is 120 cm³/mol. The summed E-state index contributed by atoms with van der Waals surface area (Å²) in [7, 11) is -3.42. The molecule has 2 aromatic heterocycles. The van der Waals surface area contributed by atoms with Crippen LogP contribution in [0.2, 0.25) is 0 Å². The summed E-state index contributed by atoms with van der Waals surface area (Å²) in [4.78, 5) is 20.8. The largest absolute Gasteiger partial charge is 0.441 e. The number of sulfonamides is 1. The van der Waals surface area contributed by atoms with E-state index < -0.39 is 10.0 Å². The molecule has 0 spiro atoms. The molecule has 0 unspecified atom stereocenters. The van der Waals surface area contributed by atoms with E-state index >= 15 is 0 Å². The zero-order valence-electron chi connectivity index (χ0n) is 18.0. The van der Waals surface area contributed by atoms with E-state index in [4.69, 9.17) is 4.42 Å². The monoisotopic (exact) mass is 454 g/mol. The number of amides is 1. The van der Waals surface area contributed by atoms with Crippen molar-refractivity contribution >= 4 is 15.9 Å². The third-order valence-corrected chi connectivity index (χ3v) is 7.28. The lowest BCUT2D eigenvalue weighted by molar-refractivity contribution is 0.0951. The molecule has 1 aliphatic rings. The molecule has 0 bridgehead atoms. The molecule has 1 aliphatic heterocycles. The molecule has 0 atom stereocenters. The van der Waals surface area contributed by atoms with Gasteiger partial charge in [0.1, 0.15) is 11.5 Å². The number of aromatic nitrogens is 2. The highest BCUT2D eigenvalue weighted by Gasteiger charge is 2.27. The van der Waals surface area contributed by atoms with Crippen LogP contribution in [0.15, 0.2) is 53.2 Å². The van der Waals surface area contributed by atoms with Gasteiger partial charge in [0.2, 0.25) is 15.9 Å². The minimum Gasteiger partial charge on any atom is -0.441 e. The van der Waals surface area contributed by atoms with Crippen LogP contribution in [0.3, 0.4) is 0 Å². The molecule has 8 nitrogen and oxygen atoms in total. The Bertz CT molecular complexity index is 1170. The Balaban J connectivity index is 1.42. The van der Waals surface area contributed by atoms with Crippen LogP contribution in [0.1, 0.15) is 46.6 Å². The van der Waals surface area contributed by atoms with E-state index in [9.17, 15) is 13.2 Å². The van der Waals surface area contributed by atoms with Gasteiger partial charge in [0.15, 0.2) is 0 Å². The number of carbonyl (C=O) groups is 1. The van der Waals surface area contributed by atoms with Crippen molar-refractivity contribution in [1.82, 2.24) is 19.6 Å². The van der Waals surface area contributed by atoms with Crippen molar-refractivity contribution in [3.05, 3.63) is 71.4 Å². The highest BCUT2D eigenvalue weighted by atomic mass is 32.2. The summed E-state index contributed by atoms with van der Waals surface area (Å²) in [5, 5.41) is 2.86. The van der Waals surface area contributed by atoms with Crippen molar-refractivity contribution in [3.63, 3.8) is 0 Å². The van der Waals surface area contributed by atoms with Gasteiger partial charge in [0, 0.05) is 43.2 Å². The van der Waals surface area contributed by atoms with Crippen molar-refractivity contribution in [1.29, 1.82) is 0 Å². The van der Waals surface area contributed by atoms with E-state index in [1.165, 1.54) is 0 Å². The Morgan fingerprint density at radius 3 is 2.56 bits per heavy atom. The number of carbonyl (C=O) groups excluding carboxylic acids is 1. The first-order valence-electron chi connectivity index (χ1n) is 10.6. The zero-order chi connectivity index (χ0) is 22.6. The smallest absolute Gasteiger partial charge is 0.251 e. The van der Waals surface area contributed by atoms with Gasteiger partial charge in [0.25, 0.3) is 5.91 Å². The maximum atomic E-state index is 12.7. The summed E-state index contributed by atoms with van der Waals surface area (Å²) >= 11 is 0. The number of oxazole rings is 1. The molecule has 1 amide bonds. The van der Waals surface area contributed by atoms with Gasteiger partial charge in [-0.1, -0.05) is 12.5 Å². The third-order valence-electron chi connectivity index (χ3n) is 5.49. The maximum absolute atomic E-state index is 12.7. The molecular weight excluding hydrogens is 428 g/mol. The molecule has 4 rings (SSSR count). The van der Waals surface area contributed by atoms with Crippen LogP contribution in [0.25, 0.3) is 11.5 Å². The number of hydrogen-bond donors (Lipinski definition) is 1. The van der Waals surface area contributed by atoms with Gasteiger partial charge in [-0.05, 0) is 55.7 Å². The van der Waals surface area contributed by atoms with Crippen molar-refractivity contribution in [2.24, 2.45) is 0 Å². The summed E-state index contributed by atoms with van der Waals surface area (Å²) in [6.07, 6.45) is 6.24. The second kappa shape index (κ2) is 9.62. The molecule has 0 saturated carbocycles. The van der Waals surface area contributed by atoms with Crippen LogP contribution in [0, 0.1) is 6.92 Å². The molecule has 9 heteroatoms. The van der Waals surface area contributed by atoms with E-state index in [-0.39, 0.29) is 11.7 Å². The maximum Gasteiger partial charge on any atom is 0.251 e. The molecular formula is C23H26N4O4S. The van der Waals surface area contributed by atoms with E-state index in [0.717, 1.165) is 24.8 Å². The average molecular weight is 455 g/mol. The first kappa shape index (κ1) is 22.2. The van der Waals surface area contributed by atoms with Crippen LogP contribution in [0.5, 0.6) is 0 Å². The fourth-order valence-corrected chi connectivity index (χ4v) is 5.25. The minimum atomic E-state index is -3.42. The minimum absolute atomic E-state index is 0.169. The number of hydrogen-bond acceptors (Lipinski definition) is 6. The van der Waals surface area contributed by atoms with Gasteiger partial charge in [-0.3, -0.25) is 9.78 Å². The topological polar surface area (TPSA) is 105 Å². The SMILES string of the molecule is Cc1oc(-c2ccc(C(=O)NCc3cccnc3)cc2)nc1CS(=O)(=O)N1CCCCC1. The lowest BCUT2D eigenvalue weighted by Crippen LogP contribution is -2.36. The summed E-state index contributed by atoms with van der Waals surface area (Å²) < 4.78 is 32.7. The molecule has 3 heterocycles. The Kier molecular flexibility index (Phi) is 6.66. The molecule has 1 fully saturated rings. The molecule has 0 aliphatic carbocycles.